The van der Waals surface area contributed by atoms with Crippen LogP contribution in [0.2, 0.25) is 0 Å². The van der Waals surface area contributed by atoms with Gasteiger partial charge in [0.15, 0.2) is 5.16 Å². The van der Waals surface area contributed by atoms with Crippen LogP contribution in [-0.4, -0.2) is 21.2 Å². The van der Waals surface area contributed by atoms with Crippen LogP contribution in [0.3, 0.4) is 0 Å². The van der Waals surface area contributed by atoms with Crippen LogP contribution < -0.4 is 10.9 Å². The Balaban J connectivity index is 1.73. The zero-order chi connectivity index (χ0) is 15.7. The molecule has 1 aromatic carbocycles. The first-order chi connectivity index (χ1) is 10.5. The molecule has 3 rings (SSSR count). The van der Waals surface area contributed by atoms with Gasteiger partial charge in [-0.25, -0.2) is 4.98 Å². The van der Waals surface area contributed by atoms with Crippen LogP contribution in [-0.2, 0) is 4.79 Å². The molecular weight excluding hydrogens is 298 g/mol. The molecule has 0 saturated carbocycles. The first kappa shape index (κ1) is 14.8. The fourth-order valence-electron chi connectivity index (χ4n) is 2.43. The van der Waals surface area contributed by atoms with Crippen molar-refractivity contribution in [3.63, 3.8) is 0 Å². The molecule has 1 unspecified atom stereocenters. The molecule has 6 heteroatoms. The predicted octanol–water partition coefficient (Wildman–Crippen LogP) is 2.54. The van der Waals surface area contributed by atoms with E-state index in [2.05, 4.69) is 10.3 Å². The number of anilines is 1. The minimum Gasteiger partial charge on any atom is -0.326 e. The molecule has 1 N–H and O–H groups in total. The molecule has 1 aliphatic rings. The van der Waals surface area contributed by atoms with Gasteiger partial charge in [0, 0.05) is 29.6 Å². The van der Waals surface area contributed by atoms with Crippen LogP contribution in [0.15, 0.2) is 40.4 Å². The largest absolute Gasteiger partial charge is 0.326 e. The third kappa shape index (κ3) is 2.92. The van der Waals surface area contributed by atoms with E-state index >= 15 is 0 Å². The van der Waals surface area contributed by atoms with Crippen molar-refractivity contribution in [3.05, 3.63) is 51.9 Å². The summed E-state index contributed by atoms with van der Waals surface area (Å²) in [4.78, 5) is 28.7. The molecule has 5 nitrogen and oxygen atoms in total. The van der Waals surface area contributed by atoms with E-state index in [1.807, 2.05) is 31.2 Å². The zero-order valence-electron chi connectivity index (χ0n) is 12.5. The lowest BCUT2D eigenvalue weighted by atomic mass is 10.2. The molecule has 0 saturated heterocycles. The summed E-state index contributed by atoms with van der Waals surface area (Å²) in [5, 5.41) is 3.57. The molecule has 0 bridgehead atoms. The van der Waals surface area contributed by atoms with Gasteiger partial charge < -0.3 is 5.32 Å². The van der Waals surface area contributed by atoms with Crippen LogP contribution in [0.5, 0.6) is 0 Å². The van der Waals surface area contributed by atoms with E-state index in [1.54, 1.807) is 17.7 Å². The topological polar surface area (TPSA) is 64.0 Å². The second-order valence-electron chi connectivity index (χ2n) is 5.48. The van der Waals surface area contributed by atoms with Gasteiger partial charge in [-0.2, -0.15) is 0 Å². The third-order valence-corrected chi connectivity index (χ3v) is 4.77. The molecule has 114 valence electrons. The molecule has 0 aliphatic carbocycles. The fourth-order valence-corrected chi connectivity index (χ4v) is 3.54. The Labute approximate surface area is 132 Å². The van der Waals surface area contributed by atoms with E-state index < -0.39 is 0 Å². The van der Waals surface area contributed by atoms with Crippen LogP contribution in [0, 0.1) is 13.8 Å². The Morgan fingerprint density at radius 3 is 2.82 bits per heavy atom. The van der Waals surface area contributed by atoms with Crippen molar-refractivity contribution >= 4 is 23.4 Å². The number of thioether (sulfide) groups is 1. The van der Waals surface area contributed by atoms with E-state index in [-0.39, 0.29) is 23.9 Å². The average molecular weight is 315 g/mol. The highest BCUT2D eigenvalue weighted by atomic mass is 32.2. The second-order valence-corrected chi connectivity index (χ2v) is 6.47. The SMILES string of the molecule is Cc1ccc(NC(=O)CC2CSc3ncc(C)c(=O)n32)cc1. The Hall–Kier alpha value is -2.08. The zero-order valence-corrected chi connectivity index (χ0v) is 13.3. The van der Waals surface area contributed by atoms with Crippen LogP contribution >= 0.6 is 11.8 Å². The lowest BCUT2D eigenvalue weighted by Crippen LogP contribution is -2.28. The normalized spacial score (nSPS) is 16.4. The summed E-state index contributed by atoms with van der Waals surface area (Å²) < 4.78 is 1.65. The molecule has 0 radical (unpaired) electrons. The predicted molar refractivity (Wildman–Crippen MR) is 87.4 cm³/mol. The van der Waals surface area contributed by atoms with Gasteiger partial charge in [-0.15, -0.1) is 0 Å². The van der Waals surface area contributed by atoms with Crippen molar-refractivity contribution in [1.82, 2.24) is 9.55 Å². The molecule has 1 aromatic heterocycles. The van der Waals surface area contributed by atoms with Crippen LogP contribution in [0.4, 0.5) is 5.69 Å². The first-order valence-corrected chi connectivity index (χ1v) is 8.10. The highest BCUT2D eigenvalue weighted by molar-refractivity contribution is 7.99. The second kappa shape index (κ2) is 5.96. The van der Waals surface area contributed by atoms with E-state index in [4.69, 9.17) is 0 Å². The molecular formula is C16H17N3O2S. The lowest BCUT2D eigenvalue weighted by molar-refractivity contribution is -0.116. The number of aryl methyl sites for hydroxylation is 2. The summed E-state index contributed by atoms with van der Waals surface area (Å²) in [7, 11) is 0. The number of hydrogen-bond donors (Lipinski definition) is 1. The molecule has 0 spiro atoms. The van der Waals surface area contributed by atoms with E-state index in [1.165, 1.54) is 11.8 Å². The number of nitrogens with zero attached hydrogens (tertiary/aromatic N) is 2. The number of fused-ring (bicyclic) bond motifs is 1. The fraction of sp³-hybridized carbons (Fsp3) is 0.312. The van der Waals surface area contributed by atoms with Gasteiger partial charge in [-0.3, -0.25) is 14.2 Å². The van der Waals surface area contributed by atoms with Gasteiger partial charge in [0.1, 0.15) is 0 Å². The monoisotopic (exact) mass is 315 g/mol. The van der Waals surface area contributed by atoms with Gasteiger partial charge in [0.2, 0.25) is 5.91 Å². The van der Waals surface area contributed by atoms with Crippen molar-refractivity contribution < 1.29 is 4.79 Å². The quantitative estimate of drug-likeness (QED) is 0.884. The van der Waals surface area contributed by atoms with Crippen LogP contribution in [0.25, 0.3) is 0 Å². The maximum Gasteiger partial charge on any atom is 0.257 e. The maximum absolute atomic E-state index is 12.2. The number of hydrogen-bond acceptors (Lipinski definition) is 4. The lowest BCUT2D eigenvalue weighted by Gasteiger charge is -2.13. The summed E-state index contributed by atoms with van der Waals surface area (Å²) in [6.45, 7) is 3.75. The molecule has 2 heterocycles. The average Bonchev–Trinajstić information content (AvgIpc) is 2.89. The smallest absolute Gasteiger partial charge is 0.257 e. The number of benzene rings is 1. The van der Waals surface area contributed by atoms with Crippen molar-refractivity contribution in [2.75, 3.05) is 11.1 Å². The Bertz CT molecular complexity index is 768. The van der Waals surface area contributed by atoms with Gasteiger partial charge in [0.25, 0.3) is 5.56 Å². The summed E-state index contributed by atoms with van der Waals surface area (Å²) >= 11 is 1.52. The number of amides is 1. The van der Waals surface area contributed by atoms with Crippen LogP contribution in [0.1, 0.15) is 23.6 Å². The Kier molecular flexibility index (Phi) is 4.02. The highest BCUT2D eigenvalue weighted by Crippen LogP contribution is 2.32. The molecule has 2 aromatic rings. The molecule has 0 fully saturated rings. The number of rotatable bonds is 3. The molecule has 22 heavy (non-hydrogen) atoms. The van der Waals surface area contributed by atoms with Gasteiger partial charge in [0.05, 0.1) is 6.04 Å². The summed E-state index contributed by atoms with van der Waals surface area (Å²) in [5.74, 6) is 0.614. The molecule has 1 amide bonds. The number of nitrogens with one attached hydrogen (secondary N) is 1. The number of aromatic nitrogens is 2. The maximum atomic E-state index is 12.2. The van der Waals surface area contributed by atoms with E-state index in [0.717, 1.165) is 11.3 Å². The first-order valence-electron chi connectivity index (χ1n) is 7.12. The number of carbonyl (C=O) groups is 1. The summed E-state index contributed by atoms with van der Waals surface area (Å²) in [6.07, 6.45) is 1.87. The summed E-state index contributed by atoms with van der Waals surface area (Å²) in [5.41, 5.74) is 2.47. The van der Waals surface area contributed by atoms with Gasteiger partial charge >= 0.3 is 0 Å². The van der Waals surface area contributed by atoms with Gasteiger partial charge in [-0.05, 0) is 26.0 Å². The van der Waals surface area contributed by atoms with Gasteiger partial charge in [-0.1, -0.05) is 29.5 Å². The minimum absolute atomic E-state index is 0.0527. The summed E-state index contributed by atoms with van der Waals surface area (Å²) in [6, 6.07) is 7.53. The number of carbonyl (C=O) groups excluding carboxylic acids is 1. The minimum atomic E-state index is -0.134. The molecule has 1 aliphatic heterocycles. The van der Waals surface area contributed by atoms with Crippen molar-refractivity contribution in [3.8, 4) is 0 Å². The van der Waals surface area contributed by atoms with Crippen molar-refractivity contribution in [2.45, 2.75) is 31.5 Å². The Morgan fingerprint density at radius 2 is 2.09 bits per heavy atom. The highest BCUT2D eigenvalue weighted by Gasteiger charge is 2.27. The third-order valence-electron chi connectivity index (χ3n) is 3.66. The van der Waals surface area contributed by atoms with Crippen molar-refractivity contribution in [2.24, 2.45) is 0 Å². The molecule has 1 atom stereocenters. The van der Waals surface area contributed by atoms with E-state index in [9.17, 15) is 9.59 Å². The van der Waals surface area contributed by atoms with E-state index in [0.29, 0.717) is 16.5 Å². The Morgan fingerprint density at radius 1 is 1.36 bits per heavy atom. The standard InChI is InChI=1S/C16H17N3O2S/c1-10-3-5-12(6-4-10)18-14(20)7-13-9-22-16-17-8-11(2)15(21)19(13)16/h3-6,8,13H,7,9H2,1-2H3,(H,18,20). The van der Waals surface area contributed by atoms with Crippen molar-refractivity contribution in [1.29, 1.82) is 0 Å².